The first-order valence-electron chi connectivity index (χ1n) is 9.66. The predicted octanol–water partition coefficient (Wildman–Crippen LogP) is 4.28. The largest absolute Gasteiger partial charge is 0.481 e. The first-order chi connectivity index (χ1) is 13.4. The minimum absolute atomic E-state index is 0.362. The van der Waals surface area contributed by atoms with Crippen molar-refractivity contribution in [3.8, 4) is 0 Å². The van der Waals surface area contributed by atoms with Gasteiger partial charge in [-0.1, -0.05) is 74.5 Å². The lowest BCUT2D eigenvalue weighted by Crippen LogP contribution is -2.46. The lowest BCUT2D eigenvalue weighted by Gasteiger charge is -2.34. The fraction of sp³-hybridized carbons (Fsp3) is 0.391. The molecule has 0 amide bonds. The van der Waals surface area contributed by atoms with Crippen LogP contribution in [0.15, 0.2) is 60.7 Å². The van der Waals surface area contributed by atoms with Gasteiger partial charge in [-0.05, 0) is 29.9 Å². The molecule has 2 aromatic rings. The Labute approximate surface area is 166 Å². The maximum atomic E-state index is 11.8. The van der Waals surface area contributed by atoms with E-state index < -0.39 is 23.9 Å². The summed E-state index contributed by atoms with van der Waals surface area (Å²) in [6.07, 6.45) is 1.28. The Morgan fingerprint density at radius 2 is 1.21 bits per heavy atom. The number of carboxylic acid groups (broad SMARTS) is 2. The van der Waals surface area contributed by atoms with Gasteiger partial charge in [-0.25, -0.2) is 0 Å². The highest BCUT2D eigenvalue weighted by atomic mass is 16.4. The normalized spacial score (nSPS) is 12.5. The Morgan fingerprint density at radius 3 is 1.57 bits per heavy atom. The molecule has 0 saturated carbocycles. The van der Waals surface area contributed by atoms with Crippen molar-refractivity contribution in [1.82, 2.24) is 4.90 Å². The molecule has 1 unspecified atom stereocenters. The zero-order chi connectivity index (χ0) is 20.5. The van der Waals surface area contributed by atoms with Gasteiger partial charge in [0.1, 0.15) is 0 Å². The number of carboxylic acids is 2. The van der Waals surface area contributed by atoms with Gasteiger partial charge >= 0.3 is 11.9 Å². The van der Waals surface area contributed by atoms with Crippen LogP contribution in [0.1, 0.15) is 37.8 Å². The molecule has 2 aromatic carbocycles. The highest BCUT2D eigenvalue weighted by Gasteiger charge is 2.38. The van der Waals surface area contributed by atoms with Crippen molar-refractivity contribution in [2.45, 2.75) is 45.8 Å². The van der Waals surface area contributed by atoms with Crippen LogP contribution in [0.2, 0.25) is 0 Å². The van der Waals surface area contributed by atoms with E-state index in [4.69, 9.17) is 0 Å². The summed E-state index contributed by atoms with van der Waals surface area (Å²) in [5.41, 5.74) is 2.06. The maximum absolute atomic E-state index is 11.8. The molecule has 0 aliphatic carbocycles. The molecule has 150 valence electrons. The van der Waals surface area contributed by atoms with E-state index in [9.17, 15) is 19.8 Å². The molecule has 0 aromatic heterocycles. The van der Waals surface area contributed by atoms with Crippen LogP contribution >= 0.6 is 0 Å². The number of benzene rings is 2. The van der Waals surface area contributed by atoms with Crippen LogP contribution in [-0.4, -0.2) is 33.1 Å². The van der Waals surface area contributed by atoms with E-state index in [0.717, 1.165) is 17.5 Å². The summed E-state index contributed by atoms with van der Waals surface area (Å²) in [7, 11) is 0. The minimum Gasteiger partial charge on any atom is -0.481 e. The Hall–Kier alpha value is -2.66. The van der Waals surface area contributed by atoms with E-state index in [2.05, 4.69) is 13.8 Å². The van der Waals surface area contributed by atoms with Gasteiger partial charge in [0.25, 0.3) is 0 Å². The molecule has 0 aliphatic heterocycles. The smallest absolute Gasteiger partial charge is 0.319 e. The Balaban J connectivity index is 2.39. The molecular weight excluding hydrogens is 354 g/mol. The van der Waals surface area contributed by atoms with Gasteiger partial charge in [0.2, 0.25) is 0 Å². The first kappa shape index (κ1) is 21.6. The topological polar surface area (TPSA) is 77.8 Å². The average Bonchev–Trinajstić information content (AvgIpc) is 2.65. The second kappa shape index (κ2) is 10.6. The summed E-state index contributed by atoms with van der Waals surface area (Å²) >= 11 is 0. The molecule has 2 rings (SSSR count). The monoisotopic (exact) mass is 383 g/mol. The van der Waals surface area contributed by atoms with Crippen molar-refractivity contribution in [1.29, 1.82) is 0 Å². The molecule has 0 heterocycles. The van der Waals surface area contributed by atoms with E-state index in [1.807, 2.05) is 65.6 Å². The van der Waals surface area contributed by atoms with Gasteiger partial charge < -0.3 is 10.2 Å². The highest BCUT2D eigenvalue weighted by Crippen LogP contribution is 2.25. The number of aliphatic carboxylic acids is 2. The number of rotatable bonds is 11. The van der Waals surface area contributed by atoms with Gasteiger partial charge in [0.15, 0.2) is 5.92 Å². The number of nitrogens with zero attached hydrogens (tertiary/aromatic N) is 1. The minimum atomic E-state index is -1.47. The van der Waals surface area contributed by atoms with Gasteiger partial charge in [0.05, 0.1) is 0 Å². The molecular formula is C23H29NO4. The van der Waals surface area contributed by atoms with E-state index >= 15 is 0 Å². The Morgan fingerprint density at radius 1 is 0.786 bits per heavy atom. The fourth-order valence-electron chi connectivity index (χ4n) is 3.43. The number of carbonyl (C=O) groups is 2. The molecule has 0 bridgehead atoms. The van der Waals surface area contributed by atoms with Crippen LogP contribution in [0, 0.1) is 11.8 Å². The summed E-state index contributed by atoms with van der Waals surface area (Å²) in [6, 6.07) is 18.9. The van der Waals surface area contributed by atoms with Crippen LogP contribution in [0.25, 0.3) is 0 Å². The average molecular weight is 383 g/mol. The fourth-order valence-corrected chi connectivity index (χ4v) is 3.43. The lowest BCUT2D eigenvalue weighted by molar-refractivity contribution is -0.158. The molecule has 2 N–H and O–H groups in total. The van der Waals surface area contributed by atoms with Crippen molar-refractivity contribution in [2.24, 2.45) is 11.8 Å². The van der Waals surface area contributed by atoms with Crippen molar-refractivity contribution >= 4 is 11.9 Å². The first-order valence-corrected chi connectivity index (χ1v) is 9.66. The van der Waals surface area contributed by atoms with Crippen LogP contribution in [0.3, 0.4) is 0 Å². The molecule has 28 heavy (non-hydrogen) atoms. The summed E-state index contributed by atoms with van der Waals surface area (Å²) in [5, 5.41) is 19.3. The zero-order valence-corrected chi connectivity index (χ0v) is 16.5. The SMILES string of the molecule is CC(C)CCC(C(C(=O)O)C(=O)O)N(Cc1ccccc1)Cc1ccccc1. The molecule has 1 atom stereocenters. The third-order valence-electron chi connectivity index (χ3n) is 4.88. The summed E-state index contributed by atoms with van der Waals surface area (Å²) in [4.78, 5) is 25.7. The zero-order valence-electron chi connectivity index (χ0n) is 16.5. The summed E-state index contributed by atoms with van der Waals surface area (Å²) in [5.74, 6) is -3.67. The third-order valence-corrected chi connectivity index (χ3v) is 4.88. The molecule has 0 spiro atoms. The van der Waals surface area contributed by atoms with Gasteiger partial charge in [0, 0.05) is 19.1 Å². The van der Waals surface area contributed by atoms with Gasteiger partial charge in [-0.2, -0.15) is 0 Å². The van der Waals surface area contributed by atoms with E-state index in [-0.39, 0.29) is 0 Å². The third kappa shape index (κ3) is 6.50. The van der Waals surface area contributed by atoms with Crippen LogP contribution in [0.5, 0.6) is 0 Å². The van der Waals surface area contributed by atoms with Crippen LogP contribution in [0.4, 0.5) is 0 Å². The molecule has 0 radical (unpaired) electrons. The molecule has 5 nitrogen and oxygen atoms in total. The van der Waals surface area contributed by atoms with E-state index in [1.165, 1.54) is 0 Å². The maximum Gasteiger partial charge on any atom is 0.319 e. The highest BCUT2D eigenvalue weighted by molar-refractivity contribution is 5.93. The quantitative estimate of drug-likeness (QED) is 0.566. The second-order valence-corrected chi connectivity index (χ2v) is 7.57. The molecule has 0 aliphatic rings. The predicted molar refractivity (Wildman–Crippen MR) is 109 cm³/mol. The molecule has 5 heteroatoms. The molecule has 0 saturated heterocycles. The summed E-state index contributed by atoms with van der Waals surface area (Å²) in [6.45, 7) is 5.11. The summed E-state index contributed by atoms with van der Waals surface area (Å²) < 4.78 is 0. The Kier molecular flexibility index (Phi) is 8.20. The van der Waals surface area contributed by atoms with Crippen molar-refractivity contribution < 1.29 is 19.8 Å². The lowest BCUT2D eigenvalue weighted by atomic mass is 9.90. The number of hydrogen-bond acceptors (Lipinski definition) is 3. The van der Waals surface area contributed by atoms with Gasteiger partial charge in [-0.15, -0.1) is 0 Å². The standard InChI is InChI=1S/C23H29NO4/c1-17(2)13-14-20(21(22(25)26)23(27)28)24(15-18-9-5-3-6-10-18)16-19-11-7-4-8-12-19/h3-12,17,20-21H,13-16H2,1-2H3,(H,25,26)(H,27,28). The second-order valence-electron chi connectivity index (χ2n) is 7.57. The van der Waals surface area contributed by atoms with Crippen molar-refractivity contribution in [3.63, 3.8) is 0 Å². The number of hydrogen-bond donors (Lipinski definition) is 2. The van der Waals surface area contributed by atoms with E-state index in [0.29, 0.717) is 25.4 Å². The van der Waals surface area contributed by atoms with Crippen molar-refractivity contribution in [2.75, 3.05) is 0 Å². The Bertz CT molecular complexity index is 690. The van der Waals surface area contributed by atoms with Crippen LogP contribution < -0.4 is 0 Å². The van der Waals surface area contributed by atoms with Crippen molar-refractivity contribution in [3.05, 3.63) is 71.8 Å². The molecule has 0 fully saturated rings. The van der Waals surface area contributed by atoms with Gasteiger partial charge in [-0.3, -0.25) is 14.5 Å². The van der Waals surface area contributed by atoms with Crippen LogP contribution in [-0.2, 0) is 22.7 Å². The van der Waals surface area contributed by atoms with E-state index in [1.54, 1.807) is 0 Å².